The summed E-state index contributed by atoms with van der Waals surface area (Å²) in [6.45, 7) is 2.73. The first-order chi connectivity index (χ1) is 18.4. The number of carbonyl (C=O) groups excluding carboxylic acids is 2. The highest BCUT2D eigenvalue weighted by atomic mass is 35.5. The van der Waals surface area contributed by atoms with E-state index in [4.69, 9.17) is 32.7 Å². The Morgan fingerprint density at radius 2 is 1.61 bits per heavy atom. The molecule has 2 amide bonds. The molecule has 0 aliphatic carbocycles. The van der Waals surface area contributed by atoms with Crippen LogP contribution in [0.5, 0.6) is 11.5 Å². The van der Waals surface area contributed by atoms with Crippen LogP contribution in [0.15, 0.2) is 83.8 Å². The van der Waals surface area contributed by atoms with E-state index in [1.165, 1.54) is 5.39 Å². The summed E-state index contributed by atoms with van der Waals surface area (Å²) in [5.41, 5.74) is 2.29. The van der Waals surface area contributed by atoms with Crippen LogP contribution < -0.4 is 9.47 Å². The van der Waals surface area contributed by atoms with Gasteiger partial charge in [0.2, 0.25) is 0 Å². The van der Waals surface area contributed by atoms with Crippen molar-refractivity contribution in [2.75, 3.05) is 6.61 Å². The Morgan fingerprint density at radius 1 is 0.842 bits per heavy atom. The quantitative estimate of drug-likeness (QED) is 0.201. The van der Waals surface area contributed by atoms with Crippen molar-refractivity contribution in [3.05, 3.63) is 111 Å². The van der Waals surface area contributed by atoms with Gasteiger partial charge in [-0.2, -0.15) is 0 Å². The number of amides is 2. The Labute approximate surface area is 234 Å². The molecule has 0 atom stereocenters. The predicted octanol–water partition coefficient (Wildman–Crippen LogP) is 8.36. The lowest BCUT2D eigenvalue weighted by molar-refractivity contribution is -0.123. The minimum Gasteiger partial charge on any atom is -0.490 e. The average molecular weight is 564 g/mol. The Bertz CT molecular complexity index is 1550. The third-order valence-corrected chi connectivity index (χ3v) is 7.64. The normalized spacial score (nSPS) is 14.5. The van der Waals surface area contributed by atoms with Crippen molar-refractivity contribution in [3.8, 4) is 11.5 Å². The zero-order valence-electron chi connectivity index (χ0n) is 20.4. The van der Waals surface area contributed by atoms with Crippen molar-refractivity contribution in [2.24, 2.45) is 0 Å². The molecule has 1 heterocycles. The summed E-state index contributed by atoms with van der Waals surface area (Å²) in [6, 6.07) is 24.9. The van der Waals surface area contributed by atoms with Gasteiger partial charge in [0.1, 0.15) is 6.61 Å². The molecule has 5 rings (SSSR count). The number of rotatable bonds is 8. The van der Waals surface area contributed by atoms with Gasteiger partial charge in [0.15, 0.2) is 11.5 Å². The number of nitrogens with zero attached hydrogens (tertiary/aromatic N) is 1. The molecule has 0 aromatic heterocycles. The number of hydrogen-bond acceptors (Lipinski definition) is 5. The Hall–Kier alpha value is -3.45. The van der Waals surface area contributed by atoms with Crippen LogP contribution in [0, 0.1) is 0 Å². The lowest BCUT2D eigenvalue weighted by Gasteiger charge is -2.15. The minimum absolute atomic E-state index is 0.00621. The van der Waals surface area contributed by atoms with Crippen LogP contribution in [0.4, 0.5) is 4.79 Å². The summed E-state index contributed by atoms with van der Waals surface area (Å²) in [5.74, 6) is 0.758. The highest BCUT2D eigenvalue weighted by Gasteiger charge is 2.35. The van der Waals surface area contributed by atoms with Gasteiger partial charge in [-0.1, -0.05) is 71.7 Å². The van der Waals surface area contributed by atoms with Crippen molar-refractivity contribution < 1.29 is 19.1 Å². The van der Waals surface area contributed by atoms with Crippen LogP contribution in [0.2, 0.25) is 10.0 Å². The zero-order chi connectivity index (χ0) is 26.6. The molecule has 4 aromatic carbocycles. The third kappa shape index (κ3) is 5.68. The fraction of sp³-hybridized carbons (Fsp3) is 0.133. The molecule has 8 heteroatoms. The van der Waals surface area contributed by atoms with E-state index in [-0.39, 0.29) is 11.8 Å². The number of ether oxygens (including phenoxy) is 2. The van der Waals surface area contributed by atoms with Crippen molar-refractivity contribution in [1.82, 2.24) is 4.90 Å². The van der Waals surface area contributed by atoms with Gasteiger partial charge in [0, 0.05) is 15.6 Å². The van der Waals surface area contributed by atoms with E-state index in [0.717, 1.165) is 27.6 Å². The third-order valence-electron chi connectivity index (χ3n) is 6.03. The summed E-state index contributed by atoms with van der Waals surface area (Å²) in [5, 5.41) is 2.76. The summed E-state index contributed by atoms with van der Waals surface area (Å²) in [4.78, 5) is 27.1. The van der Waals surface area contributed by atoms with Crippen molar-refractivity contribution in [3.63, 3.8) is 0 Å². The van der Waals surface area contributed by atoms with E-state index >= 15 is 0 Å². The average Bonchev–Trinajstić information content (AvgIpc) is 3.17. The molecule has 192 valence electrons. The molecular weight excluding hydrogens is 541 g/mol. The van der Waals surface area contributed by atoms with Crippen LogP contribution in [-0.4, -0.2) is 22.7 Å². The van der Waals surface area contributed by atoms with Crippen molar-refractivity contribution in [2.45, 2.75) is 20.1 Å². The molecule has 1 aliphatic rings. The van der Waals surface area contributed by atoms with E-state index in [0.29, 0.717) is 50.8 Å². The second-order valence-corrected chi connectivity index (χ2v) is 10.4. The molecular formula is C30H23Cl2NO4S. The molecule has 5 nitrogen and oxygen atoms in total. The first-order valence-corrected chi connectivity index (χ1v) is 13.6. The molecule has 0 saturated carbocycles. The zero-order valence-corrected chi connectivity index (χ0v) is 22.8. The molecule has 0 spiro atoms. The maximum Gasteiger partial charge on any atom is 0.293 e. The standard InChI is InChI=1S/C30H23Cl2NO4S/c1-2-36-27-15-19(11-13-26(27)37-18-20-10-12-21-6-3-4-7-22(21)14-20)16-28-29(34)33(30(35)38-28)17-23-24(31)8-5-9-25(23)32/h3-16H,2,17-18H2,1H3/b28-16-. The van der Waals surface area contributed by atoms with E-state index in [1.54, 1.807) is 30.3 Å². The molecule has 1 fully saturated rings. The number of fused-ring (bicyclic) bond motifs is 1. The number of carbonyl (C=O) groups is 2. The van der Waals surface area contributed by atoms with Gasteiger partial charge in [0.05, 0.1) is 18.1 Å². The molecule has 1 saturated heterocycles. The Balaban J connectivity index is 1.33. The van der Waals surface area contributed by atoms with Gasteiger partial charge >= 0.3 is 0 Å². The topological polar surface area (TPSA) is 55.8 Å². The molecule has 0 bridgehead atoms. The number of hydrogen-bond donors (Lipinski definition) is 0. The molecule has 1 aliphatic heterocycles. The van der Waals surface area contributed by atoms with Crippen LogP contribution in [0.1, 0.15) is 23.6 Å². The molecule has 0 N–H and O–H groups in total. The summed E-state index contributed by atoms with van der Waals surface area (Å²) in [7, 11) is 0. The van der Waals surface area contributed by atoms with Gasteiger partial charge in [-0.3, -0.25) is 14.5 Å². The van der Waals surface area contributed by atoms with E-state index < -0.39 is 5.91 Å². The number of halogens is 2. The SMILES string of the molecule is CCOc1cc(/C=C2\SC(=O)N(Cc3c(Cl)cccc3Cl)C2=O)ccc1OCc1ccc2ccccc2c1. The number of thioether (sulfide) groups is 1. The summed E-state index contributed by atoms with van der Waals surface area (Å²) < 4.78 is 11.9. The van der Waals surface area contributed by atoms with Gasteiger partial charge in [-0.15, -0.1) is 0 Å². The van der Waals surface area contributed by atoms with Crippen LogP contribution in [0.25, 0.3) is 16.8 Å². The molecule has 4 aromatic rings. The lowest BCUT2D eigenvalue weighted by atomic mass is 10.1. The van der Waals surface area contributed by atoms with Crippen LogP contribution in [-0.2, 0) is 17.9 Å². The fourth-order valence-electron chi connectivity index (χ4n) is 4.12. The Morgan fingerprint density at radius 3 is 2.37 bits per heavy atom. The van der Waals surface area contributed by atoms with Crippen LogP contribution in [0.3, 0.4) is 0 Å². The van der Waals surface area contributed by atoms with Crippen molar-refractivity contribution >= 4 is 63.0 Å². The minimum atomic E-state index is -0.398. The van der Waals surface area contributed by atoms with Gasteiger partial charge in [0.25, 0.3) is 11.1 Å². The summed E-state index contributed by atoms with van der Waals surface area (Å²) in [6.07, 6.45) is 1.68. The first-order valence-electron chi connectivity index (χ1n) is 12.0. The smallest absolute Gasteiger partial charge is 0.293 e. The predicted molar refractivity (Wildman–Crippen MR) is 154 cm³/mol. The maximum atomic E-state index is 13.1. The van der Waals surface area contributed by atoms with E-state index in [1.807, 2.05) is 37.3 Å². The van der Waals surface area contributed by atoms with E-state index in [9.17, 15) is 9.59 Å². The number of imide groups is 1. The Kier molecular flexibility index (Phi) is 7.93. The molecule has 0 unspecified atom stereocenters. The van der Waals surface area contributed by atoms with Crippen LogP contribution >= 0.6 is 35.0 Å². The molecule has 0 radical (unpaired) electrons. The summed E-state index contributed by atoms with van der Waals surface area (Å²) >= 11 is 13.4. The molecule has 38 heavy (non-hydrogen) atoms. The number of benzene rings is 4. The first kappa shape index (κ1) is 26.2. The second kappa shape index (κ2) is 11.5. The maximum absolute atomic E-state index is 13.1. The highest BCUT2D eigenvalue weighted by molar-refractivity contribution is 8.18. The van der Waals surface area contributed by atoms with Crippen molar-refractivity contribution in [1.29, 1.82) is 0 Å². The van der Waals surface area contributed by atoms with Gasteiger partial charge in [-0.25, -0.2) is 0 Å². The van der Waals surface area contributed by atoms with E-state index in [2.05, 4.69) is 24.3 Å². The van der Waals surface area contributed by atoms with Gasteiger partial charge < -0.3 is 9.47 Å². The fourth-order valence-corrected chi connectivity index (χ4v) is 5.48. The second-order valence-electron chi connectivity index (χ2n) is 8.58. The largest absolute Gasteiger partial charge is 0.490 e. The lowest BCUT2D eigenvalue weighted by Crippen LogP contribution is -2.27. The monoisotopic (exact) mass is 563 g/mol. The van der Waals surface area contributed by atoms with Gasteiger partial charge in [-0.05, 0) is 77.0 Å². The highest BCUT2D eigenvalue weighted by Crippen LogP contribution is 2.37.